The molecule has 37 heavy (non-hydrogen) atoms. The smallest absolute Gasteiger partial charge is 0.327 e. The second kappa shape index (κ2) is 9.81. The summed E-state index contributed by atoms with van der Waals surface area (Å²) in [6.07, 6.45) is 4.58. The van der Waals surface area contributed by atoms with Gasteiger partial charge in [0.15, 0.2) is 12.4 Å². The Morgan fingerprint density at radius 1 is 0.973 bits per heavy atom. The largest absolute Gasteiger partial charge is 0.858 e. The van der Waals surface area contributed by atoms with E-state index >= 15 is 0 Å². The van der Waals surface area contributed by atoms with Crippen LogP contribution in [0.1, 0.15) is 35.7 Å². The first-order valence-electron chi connectivity index (χ1n) is 12.1. The first kappa shape index (κ1) is 24.1. The van der Waals surface area contributed by atoms with Crippen molar-refractivity contribution in [3.63, 3.8) is 0 Å². The molecule has 5 rings (SSSR count). The van der Waals surface area contributed by atoms with E-state index in [1.54, 1.807) is 47.3 Å². The van der Waals surface area contributed by atoms with Gasteiger partial charge in [0.25, 0.3) is 11.6 Å². The predicted molar refractivity (Wildman–Crippen MR) is 133 cm³/mol. The van der Waals surface area contributed by atoms with Crippen molar-refractivity contribution in [3.05, 3.63) is 107 Å². The molecule has 1 aliphatic rings. The molecule has 7 nitrogen and oxygen atoms in total. The molecule has 186 valence electrons. The van der Waals surface area contributed by atoms with Gasteiger partial charge in [0, 0.05) is 17.2 Å². The van der Waals surface area contributed by atoms with Crippen molar-refractivity contribution < 1.29 is 23.7 Å². The second-order valence-corrected chi connectivity index (χ2v) is 8.96. The van der Waals surface area contributed by atoms with E-state index in [1.807, 2.05) is 26.0 Å². The van der Waals surface area contributed by atoms with Crippen molar-refractivity contribution in [2.45, 2.75) is 33.2 Å². The zero-order valence-corrected chi connectivity index (χ0v) is 20.5. The molecular weight excluding hydrogens is 471 g/mol. The number of pyridine rings is 1. The van der Waals surface area contributed by atoms with Crippen LogP contribution in [0.5, 0.6) is 5.88 Å². The number of para-hydroxylation sites is 1. The van der Waals surface area contributed by atoms with E-state index in [0.717, 1.165) is 10.5 Å². The zero-order valence-electron chi connectivity index (χ0n) is 20.5. The summed E-state index contributed by atoms with van der Waals surface area (Å²) >= 11 is 0. The van der Waals surface area contributed by atoms with E-state index in [2.05, 4.69) is 5.10 Å². The molecule has 0 unspecified atom stereocenters. The number of benzene rings is 2. The van der Waals surface area contributed by atoms with Gasteiger partial charge in [-0.2, -0.15) is 9.67 Å². The lowest BCUT2D eigenvalue weighted by molar-refractivity contribution is -0.577. The molecule has 0 spiro atoms. The predicted octanol–water partition coefficient (Wildman–Crippen LogP) is 3.57. The quantitative estimate of drug-likeness (QED) is 0.289. The fourth-order valence-electron chi connectivity index (χ4n) is 4.53. The molecule has 0 N–H and O–H groups in total. The summed E-state index contributed by atoms with van der Waals surface area (Å²) in [4.78, 5) is 28.8. The van der Waals surface area contributed by atoms with Gasteiger partial charge in [-0.15, -0.1) is 0 Å². The van der Waals surface area contributed by atoms with E-state index in [9.17, 15) is 19.1 Å². The third-order valence-electron chi connectivity index (χ3n) is 6.26. The van der Waals surface area contributed by atoms with Crippen LogP contribution < -0.4 is 9.67 Å². The average Bonchev–Trinajstić information content (AvgIpc) is 3.33. The highest BCUT2D eigenvalue weighted by molar-refractivity contribution is 6.44. The number of imide groups is 1. The van der Waals surface area contributed by atoms with Crippen molar-refractivity contribution in [1.29, 1.82) is 0 Å². The number of carbonyl (C=O) groups excluding carboxylic acids is 2. The molecule has 4 aromatic rings. The average molecular weight is 497 g/mol. The van der Waals surface area contributed by atoms with Crippen molar-refractivity contribution in [2.24, 2.45) is 0 Å². The fourth-order valence-corrected chi connectivity index (χ4v) is 4.53. The van der Waals surface area contributed by atoms with Crippen molar-refractivity contribution >= 4 is 23.1 Å². The Kier molecular flexibility index (Phi) is 6.40. The van der Waals surface area contributed by atoms with E-state index in [-0.39, 0.29) is 23.4 Å². The third-order valence-corrected chi connectivity index (χ3v) is 6.26. The van der Waals surface area contributed by atoms with Gasteiger partial charge >= 0.3 is 5.91 Å². The Morgan fingerprint density at radius 2 is 1.70 bits per heavy atom. The minimum Gasteiger partial charge on any atom is -0.858 e. The number of carbonyl (C=O) groups is 2. The number of aromatic nitrogens is 3. The molecule has 2 amide bonds. The van der Waals surface area contributed by atoms with E-state index in [4.69, 9.17) is 0 Å². The van der Waals surface area contributed by atoms with Crippen LogP contribution in [0.25, 0.3) is 17.0 Å². The number of hydrogen-bond acceptors (Lipinski definition) is 4. The molecule has 0 fully saturated rings. The molecule has 2 aromatic heterocycles. The Bertz CT molecular complexity index is 1520. The van der Waals surface area contributed by atoms with Gasteiger partial charge in [-0.05, 0) is 55.1 Å². The maximum Gasteiger partial charge on any atom is 0.327 e. The molecule has 0 saturated heterocycles. The summed E-state index contributed by atoms with van der Waals surface area (Å²) in [7, 11) is 0. The van der Waals surface area contributed by atoms with Crippen LogP contribution in [0.15, 0.2) is 79.1 Å². The SMILES string of the molecule is CCCc1nn(-c2ccccc2)c([O-])c1C1=C([n+]2cccc(C)c2)C(=O)N(Cc2ccc(F)cc2)C1=O. The normalized spacial score (nSPS) is 13.6. The Morgan fingerprint density at radius 3 is 2.38 bits per heavy atom. The monoisotopic (exact) mass is 496 g/mol. The minimum absolute atomic E-state index is 0.0262. The highest BCUT2D eigenvalue weighted by Crippen LogP contribution is 2.37. The van der Waals surface area contributed by atoms with Crippen LogP contribution in [0, 0.1) is 12.7 Å². The molecule has 0 saturated carbocycles. The van der Waals surface area contributed by atoms with Gasteiger partial charge in [0.2, 0.25) is 0 Å². The third kappa shape index (κ3) is 4.42. The first-order chi connectivity index (χ1) is 17.9. The lowest BCUT2D eigenvalue weighted by Crippen LogP contribution is -2.39. The summed E-state index contributed by atoms with van der Waals surface area (Å²) < 4.78 is 16.3. The summed E-state index contributed by atoms with van der Waals surface area (Å²) in [5.41, 5.74) is 2.76. The maximum absolute atomic E-state index is 13.9. The number of halogens is 1. The van der Waals surface area contributed by atoms with Crippen LogP contribution in [0.4, 0.5) is 4.39 Å². The standard InChI is InChI=1S/C29H25FN4O3/c1-3-8-23-24(28(36)34(31-23)22-10-5-4-6-11-22)25-26(32-16-7-9-19(2)17-32)29(37)33(27(25)35)18-20-12-14-21(30)15-13-20/h4-7,9-17H,3,8,18H2,1-2H3. The topological polar surface area (TPSA) is 82.1 Å². The van der Waals surface area contributed by atoms with E-state index < -0.39 is 23.5 Å². The zero-order chi connectivity index (χ0) is 26.1. The molecule has 3 heterocycles. The van der Waals surface area contributed by atoms with Crippen LogP contribution in [0.2, 0.25) is 0 Å². The number of amides is 2. The van der Waals surface area contributed by atoms with Crippen LogP contribution in [-0.2, 0) is 22.6 Å². The van der Waals surface area contributed by atoms with Crippen LogP contribution in [-0.4, -0.2) is 26.5 Å². The lowest BCUT2D eigenvalue weighted by Gasteiger charge is -2.15. The lowest BCUT2D eigenvalue weighted by atomic mass is 10.0. The first-order valence-corrected chi connectivity index (χ1v) is 12.1. The minimum atomic E-state index is -0.583. The number of aryl methyl sites for hydroxylation is 2. The van der Waals surface area contributed by atoms with Crippen molar-refractivity contribution in [3.8, 4) is 11.6 Å². The van der Waals surface area contributed by atoms with Crippen LogP contribution in [0.3, 0.4) is 0 Å². The summed E-state index contributed by atoms with van der Waals surface area (Å²) in [5.74, 6) is -1.99. The Hall–Kier alpha value is -4.59. The van der Waals surface area contributed by atoms with Gasteiger partial charge in [-0.1, -0.05) is 43.7 Å². The highest BCUT2D eigenvalue weighted by atomic mass is 19.1. The Labute approximate surface area is 213 Å². The fraction of sp³-hybridized carbons (Fsp3) is 0.172. The van der Waals surface area contributed by atoms with Crippen molar-refractivity contribution in [1.82, 2.24) is 14.7 Å². The van der Waals surface area contributed by atoms with Gasteiger partial charge < -0.3 is 5.11 Å². The molecule has 2 aromatic carbocycles. The van der Waals surface area contributed by atoms with E-state index in [0.29, 0.717) is 29.8 Å². The molecule has 0 aliphatic carbocycles. The molecule has 8 heteroatoms. The molecule has 0 atom stereocenters. The highest BCUT2D eigenvalue weighted by Gasteiger charge is 2.46. The number of nitrogens with zero attached hydrogens (tertiary/aromatic N) is 4. The summed E-state index contributed by atoms with van der Waals surface area (Å²) in [6, 6.07) is 18.3. The molecule has 1 aliphatic heterocycles. The van der Waals surface area contributed by atoms with Crippen molar-refractivity contribution in [2.75, 3.05) is 0 Å². The number of rotatable bonds is 7. The molecular formula is C29H25FN4O3. The Balaban J connectivity index is 1.71. The van der Waals surface area contributed by atoms with Gasteiger partial charge in [0.1, 0.15) is 11.4 Å². The molecule has 0 bridgehead atoms. The maximum atomic E-state index is 13.9. The summed E-state index contributed by atoms with van der Waals surface area (Å²) in [5, 5.41) is 18.4. The van der Waals surface area contributed by atoms with Crippen LogP contribution >= 0.6 is 0 Å². The summed E-state index contributed by atoms with van der Waals surface area (Å²) in [6.45, 7) is 3.79. The second-order valence-electron chi connectivity index (χ2n) is 8.96. The van der Waals surface area contributed by atoms with Gasteiger partial charge in [-0.25, -0.2) is 9.07 Å². The van der Waals surface area contributed by atoms with E-state index in [1.165, 1.54) is 28.9 Å². The van der Waals surface area contributed by atoms with Gasteiger partial charge in [-0.3, -0.25) is 14.5 Å². The molecule has 0 radical (unpaired) electrons. The van der Waals surface area contributed by atoms with Gasteiger partial charge in [0.05, 0.1) is 17.9 Å². The number of hydrogen-bond donors (Lipinski definition) is 0.